The molecule has 0 spiro atoms. The quantitative estimate of drug-likeness (QED) is 0.828. The number of rotatable bonds is 5. The van der Waals surface area contributed by atoms with Crippen molar-refractivity contribution in [3.05, 3.63) is 21.9 Å². The van der Waals surface area contributed by atoms with Gasteiger partial charge in [0.15, 0.2) is 0 Å². The molecule has 0 radical (unpaired) electrons. The van der Waals surface area contributed by atoms with E-state index in [1.54, 1.807) is 11.3 Å². The lowest BCUT2D eigenvalue weighted by Gasteiger charge is -2.11. The molecule has 0 aromatic carbocycles. The monoisotopic (exact) mass is 220 g/mol. The molecule has 2 nitrogen and oxygen atoms in total. The topological polar surface area (TPSA) is 35.8 Å². The Hall–Kier alpha value is -0.850. The van der Waals surface area contributed by atoms with Gasteiger partial charge in [0.1, 0.15) is 6.07 Å². The lowest BCUT2D eigenvalue weighted by Crippen LogP contribution is -2.25. The molecule has 1 N–H and O–H groups in total. The van der Waals surface area contributed by atoms with Gasteiger partial charge in [-0.15, -0.1) is 11.3 Å². The third-order valence-corrected chi connectivity index (χ3v) is 3.73. The molecule has 80 valence electrons. The molecular formula is C12H16N2S. The summed E-state index contributed by atoms with van der Waals surface area (Å²) in [5, 5.41) is 14.1. The lowest BCUT2D eigenvalue weighted by atomic mass is 10.1. The summed E-state index contributed by atoms with van der Waals surface area (Å²) in [5.74, 6) is 0.977. The molecule has 1 atom stereocenters. The highest BCUT2D eigenvalue weighted by molar-refractivity contribution is 7.10. The van der Waals surface area contributed by atoms with E-state index in [0.717, 1.165) is 18.0 Å². The van der Waals surface area contributed by atoms with Crippen molar-refractivity contribution < 1.29 is 0 Å². The molecule has 0 bridgehead atoms. The largest absolute Gasteiger partial charge is 0.309 e. The first-order valence-corrected chi connectivity index (χ1v) is 6.37. The number of nitrogens with one attached hydrogen (secondary N) is 1. The average Bonchev–Trinajstić information content (AvgIpc) is 2.92. The van der Waals surface area contributed by atoms with E-state index < -0.39 is 0 Å². The zero-order valence-corrected chi connectivity index (χ0v) is 9.81. The van der Waals surface area contributed by atoms with Gasteiger partial charge < -0.3 is 5.32 Å². The molecule has 1 aliphatic rings. The highest BCUT2D eigenvalue weighted by Gasteiger charge is 2.23. The van der Waals surface area contributed by atoms with Crippen molar-refractivity contribution in [2.24, 2.45) is 5.92 Å². The van der Waals surface area contributed by atoms with Gasteiger partial charge in [-0.05, 0) is 25.3 Å². The van der Waals surface area contributed by atoms with Crippen molar-refractivity contribution in [2.75, 3.05) is 0 Å². The summed E-state index contributed by atoms with van der Waals surface area (Å²) in [7, 11) is 0. The van der Waals surface area contributed by atoms with Gasteiger partial charge in [0.2, 0.25) is 0 Å². The molecular weight excluding hydrogens is 204 g/mol. The first kappa shape index (κ1) is 10.7. The van der Waals surface area contributed by atoms with E-state index in [9.17, 15) is 0 Å². The van der Waals surface area contributed by atoms with Crippen LogP contribution in [0.5, 0.6) is 0 Å². The molecule has 0 aliphatic heterocycles. The second kappa shape index (κ2) is 4.78. The van der Waals surface area contributed by atoms with Crippen molar-refractivity contribution in [1.29, 1.82) is 5.26 Å². The molecule has 0 saturated heterocycles. The zero-order valence-electron chi connectivity index (χ0n) is 8.99. The minimum Gasteiger partial charge on any atom is -0.309 e. The minimum absolute atomic E-state index is 0.602. The molecule has 2 rings (SSSR count). The summed E-state index contributed by atoms with van der Waals surface area (Å²) in [6.07, 6.45) is 4.14. The maximum atomic E-state index is 8.69. The molecule has 1 saturated carbocycles. The van der Waals surface area contributed by atoms with E-state index >= 15 is 0 Å². The Kier molecular flexibility index (Phi) is 3.40. The van der Waals surface area contributed by atoms with Gasteiger partial charge in [-0.2, -0.15) is 5.26 Å². The predicted octanol–water partition coefficient (Wildman–Crippen LogP) is 2.90. The maximum Gasteiger partial charge on any atom is 0.100 e. The predicted molar refractivity (Wildman–Crippen MR) is 62.7 cm³/mol. The molecule has 3 heteroatoms. The summed E-state index contributed by atoms with van der Waals surface area (Å²) in [6.45, 7) is 3.15. The molecule has 1 fully saturated rings. The summed E-state index contributed by atoms with van der Waals surface area (Å²) < 4.78 is 0. The van der Waals surface area contributed by atoms with Gasteiger partial charge in [-0.25, -0.2) is 0 Å². The fraction of sp³-hybridized carbons (Fsp3) is 0.583. The van der Waals surface area contributed by atoms with Crippen molar-refractivity contribution in [1.82, 2.24) is 5.32 Å². The third kappa shape index (κ3) is 3.33. The van der Waals surface area contributed by atoms with Gasteiger partial charge in [0.05, 0.1) is 5.56 Å². The van der Waals surface area contributed by atoms with Crippen LogP contribution >= 0.6 is 11.3 Å². The van der Waals surface area contributed by atoms with Gasteiger partial charge >= 0.3 is 0 Å². The first-order valence-electron chi connectivity index (χ1n) is 5.49. The lowest BCUT2D eigenvalue weighted by molar-refractivity contribution is 0.490. The Bertz CT molecular complexity index is 360. The number of hydrogen-bond acceptors (Lipinski definition) is 3. The summed E-state index contributed by atoms with van der Waals surface area (Å²) in [6, 6.07) is 4.74. The summed E-state index contributed by atoms with van der Waals surface area (Å²) in [5.41, 5.74) is 0.784. The van der Waals surface area contributed by atoms with E-state index in [0.29, 0.717) is 6.04 Å². The average molecular weight is 220 g/mol. The van der Waals surface area contributed by atoms with Crippen LogP contribution in [0.25, 0.3) is 0 Å². The molecule has 0 amide bonds. The van der Waals surface area contributed by atoms with Crippen molar-refractivity contribution in [3.8, 4) is 6.07 Å². The summed E-state index contributed by atoms with van der Waals surface area (Å²) >= 11 is 1.67. The highest BCUT2D eigenvalue weighted by Crippen LogP contribution is 2.33. The Balaban J connectivity index is 1.74. The first-order chi connectivity index (χ1) is 7.28. The zero-order chi connectivity index (χ0) is 10.7. The fourth-order valence-corrected chi connectivity index (χ4v) is 2.50. The molecule has 1 aliphatic carbocycles. The van der Waals surface area contributed by atoms with Crippen LogP contribution in [0.15, 0.2) is 11.4 Å². The number of hydrogen-bond donors (Lipinski definition) is 1. The fourth-order valence-electron chi connectivity index (χ4n) is 1.74. The van der Waals surface area contributed by atoms with Crippen molar-refractivity contribution in [2.45, 2.75) is 38.8 Å². The molecule has 1 unspecified atom stereocenters. The van der Waals surface area contributed by atoms with Crippen LogP contribution < -0.4 is 5.32 Å². The van der Waals surface area contributed by atoms with Crippen LogP contribution in [0.1, 0.15) is 36.6 Å². The second-order valence-electron chi connectivity index (χ2n) is 4.37. The van der Waals surface area contributed by atoms with Gasteiger partial charge in [-0.3, -0.25) is 0 Å². The van der Waals surface area contributed by atoms with Gasteiger partial charge in [0, 0.05) is 22.8 Å². The van der Waals surface area contributed by atoms with Crippen LogP contribution in [0.4, 0.5) is 0 Å². The van der Waals surface area contributed by atoms with E-state index in [1.807, 2.05) is 11.4 Å². The van der Waals surface area contributed by atoms with Crippen molar-refractivity contribution >= 4 is 11.3 Å². The van der Waals surface area contributed by atoms with E-state index in [4.69, 9.17) is 5.26 Å². The Labute approximate surface area is 94.9 Å². The smallest absolute Gasteiger partial charge is 0.100 e. The van der Waals surface area contributed by atoms with E-state index in [-0.39, 0.29) is 0 Å². The minimum atomic E-state index is 0.602. The number of nitriles is 1. The molecule has 1 aromatic heterocycles. The number of thiophene rings is 1. The standard InChI is InChI=1S/C12H16N2S/c1-9(4-10-2-3-10)14-7-12-5-11(6-13)8-15-12/h5,8-10,14H,2-4,7H2,1H3. The van der Waals surface area contributed by atoms with E-state index in [1.165, 1.54) is 24.1 Å². The number of nitrogens with zero attached hydrogens (tertiary/aromatic N) is 1. The third-order valence-electron chi connectivity index (χ3n) is 2.79. The van der Waals surface area contributed by atoms with Gasteiger partial charge in [0.25, 0.3) is 0 Å². The Morgan fingerprint density at radius 2 is 2.47 bits per heavy atom. The van der Waals surface area contributed by atoms with Crippen LogP contribution in [0.3, 0.4) is 0 Å². The van der Waals surface area contributed by atoms with Crippen LogP contribution in [0, 0.1) is 17.2 Å². The SMILES string of the molecule is CC(CC1CC1)NCc1cc(C#N)cs1. The highest BCUT2D eigenvalue weighted by atomic mass is 32.1. The van der Waals surface area contributed by atoms with Crippen LogP contribution in [-0.2, 0) is 6.54 Å². The second-order valence-corrected chi connectivity index (χ2v) is 5.37. The van der Waals surface area contributed by atoms with Gasteiger partial charge in [-0.1, -0.05) is 12.8 Å². The van der Waals surface area contributed by atoms with Crippen LogP contribution in [-0.4, -0.2) is 6.04 Å². The Morgan fingerprint density at radius 3 is 3.07 bits per heavy atom. The van der Waals surface area contributed by atoms with E-state index in [2.05, 4.69) is 18.3 Å². The molecule has 1 aromatic rings. The van der Waals surface area contributed by atoms with Crippen molar-refractivity contribution in [3.63, 3.8) is 0 Å². The van der Waals surface area contributed by atoms with Crippen LogP contribution in [0.2, 0.25) is 0 Å². The molecule has 1 heterocycles. The summed E-state index contributed by atoms with van der Waals surface area (Å²) in [4.78, 5) is 1.26. The Morgan fingerprint density at radius 1 is 1.67 bits per heavy atom. The molecule has 15 heavy (non-hydrogen) atoms. The normalized spacial score (nSPS) is 17.3. The maximum absolute atomic E-state index is 8.69.